The van der Waals surface area contributed by atoms with Crippen LogP contribution in [0, 0.1) is 0 Å². The lowest BCUT2D eigenvalue weighted by molar-refractivity contribution is 0.0991. The second-order valence-corrected chi connectivity index (χ2v) is 8.76. The zero-order valence-corrected chi connectivity index (χ0v) is 18.9. The topological polar surface area (TPSA) is 73.1 Å². The van der Waals surface area contributed by atoms with E-state index in [9.17, 15) is 4.79 Å². The standard InChI is InChI=1S/C26H27N5O2/c1-30-11-9-24(10-12-30)33-23-6-3-18(4-7-23)26(32)15-22-14-20-13-19(5-8-25(20)29-28-22)21-16-27-31(2)17-21/h3-8,13-14,16-17,24H,9-12,15H2,1-2H3. The van der Waals surface area contributed by atoms with E-state index < -0.39 is 0 Å². The summed E-state index contributed by atoms with van der Waals surface area (Å²) in [4.78, 5) is 15.2. The Morgan fingerprint density at radius 3 is 2.52 bits per heavy atom. The molecule has 0 aliphatic carbocycles. The van der Waals surface area contributed by atoms with Crippen LogP contribution in [0.1, 0.15) is 28.9 Å². The van der Waals surface area contributed by atoms with E-state index in [1.54, 1.807) is 4.68 Å². The van der Waals surface area contributed by atoms with Crippen LogP contribution in [-0.4, -0.2) is 56.9 Å². The fourth-order valence-corrected chi connectivity index (χ4v) is 4.21. The number of likely N-dealkylation sites (tertiary alicyclic amines) is 1. The molecule has 4 aromatic rings. The summed E-state index contributed by atoms with van der Waals surface area (Å²) in [6.07, 6.45) is 6.31. The van der Waals surface area contributed by atoms with E-state index in [0.717, 1.165) is 53.7 Å². The van der Waals surface area contributed by atoms with Crippen LogP contribution < -0.4 is 4.74 Å². The lowest BCUT2D eigenvalue weighted by atomic mass is 10.0. The van der Waals surface area contributed by atoms with Crippen LogP contribution in [0.4, 0.5) is 0 Å². The summed E-state index contributed by atoms with van der Waals surface area (Å²) in [6.45, 7) is 2.11. The Kier molecular flexibility index (Phi) is 5.88. The molecule has 168 valence electrons. The van der Waals surface area contributed by atoms with Crippen LogP contribution >= 0.6 is 0 Å². The van der Waals surface area contributed by atoms with Gasteiger partial charge in [0.05, 0.1) is 23.8 Å². The van der Waals surface area contributed by atoms with Gasteiger partial charge in [-0.25, -0.2) is 0 Å². The second-order valence-electron chi connectivity index (χ2n) is 8.76. The summed E-state index contributed by atoms with van der Waals surface area (Å²) < 4.78 is 7.86. The van der Waals surface area contributed by atoms with Gasteiger partial charge in [0.1, 0.15) is 11.9 Å². The van der Waals surface area contributed by atoms with Crippen LogP contribution in [0.5, 0.6) is 5.75 Å². The average molecular weight is 442 g/mol. The lowest BCUT2D eigenvalue weighted by Crippen LogP contribution is -2.35. The van der Waals surface area contributed by atoms with Crippen molar-refractivity contribution < 1.29 is 9.53 Å². The second kappa shape index (κ2) is 9.11. The molecule has 0 amide bonds. The molecule has 7 nitrogen and oxygen atoms in total. The molecule has 2 aromatic carbocycles. The molecule has 0 radical (unpaired) electrons. The molecule has 0 spiro atoms. The summed E-state index contributed by atoms with van der Waals surface area (Å²) in [5.41, 5.74) is 4.20. The highest BCUT2D eigenvalue weighted by molar-refractivity contribution is 5.97. The number of hydrogen-bond acceptors (Lipinski definition) is 6. The Bertz CT molecular complexity index is 1270. The van der Waals surface area contributed by atoms with Crippen LogP contribution in [0.3, 0.4) is 0 Å². The van der Waals surface area contributed by atoms with E-state index in [4.69, 9.17) is 4.74 Å². The van der Waals surface area contributed by atoms with Gasteiger partial charge in [0.15, 0.2) is 5.78 Å². The third-order valence-electron chi connectivity index (χ3n) is 6.16. The van der Waals surface area contributed by atoms with E-state index in [1.807, 2.05) is 61.9 Å². The van der Waals surface area contributed by atoms with Crippen LogP contribution in [0.25, 0.3) is 22.0 Å². The van der Waals surface area contributed by atoms with E-state index in [2.05, 4.69) is 33.3 Å². The first-order valence-corrected chi connectivity index (χ1v) is 11.3. The molecule has 0 saturated carbocycles. The van der Waals surface area contributed by atoms with E-state index in [1.165, 1.54) is 0 Å². The monoisotopic (exact) mass is 441 g/mol. The number of carbonyl (C=O) groups excluding carboxylic acids is 1. The minimum atomic E-state index is 0.0119. The molecule has 1 aliphatic rings. The van der Waals surface area contributed by atoms with E-state index >= 15 is 0 Å². The lowest BCUT2D eigenvalue weighted by Gasteiger charge is -2.29. The first-order valence-electron chi connectivity index (χ1n) is 11.3. The maximum atomic E-state index is 12.9. The highest BCUT2D eigenvalue weighted by Gasteiger charge is 2.18. The van der Waals surface area contributed by atoms with Gasteiger partial charge in [-0.1, -0.05) is 6.07 Å². The summed E-state index contributed by atoms with van der Waals surface area (Å²) in [5, 5.41) is 13.8. The predicted octanol–water partition coefficient (Wildman–Crippen LogP) is 3.93. The van der Waals surface area contributed by atoms with Crippen molar-refractivity contribution in [1.29, 1.82) is 0 Å². The SMILES string of the molecule is CN1CCC(Oc2ccc(C(=O)Cc3cc4cc(-c5cnn(C)c5)ccc4nn3)cc2)CC1. The van der Waals surface area contributed by atoms with Crippen LogP contribution in [0.15, 0.2) is 60.9 Å². The normalized spacial score (nSPS) is 15.1. The highest BCUT2D eigenvalue weighted by atomic mass is 16.5. The van der Waals surface area contributed by atoms with Gasteiger partial charge in [-0.15, -0.1) is 0 Å². The van der Waals surface area contributed by atoms with Crippen molar-refractivity contribution in [2.24, 2.45) is 7.05 Å². The third-order valence-corrected chi connectivity index (χ3v) is 6.16. The van der Waals surface area contributed by atoms with Crippen LogP contribution in [-0.2, 0) is 13.5 Å². The molecule has 1 aliphatic heterocycles. The smallest absolute Gasteiger partial charge is 0.168 e. The molecular weight excluding hydrogens is 414 g/mol. The van der Waals surface area contributed by atoms with Crippen molar-refractivity contribution in [3.63, 3.8) is 0 Å². The van der Waals surface area contributed by atoms with Crippen molar-refractivity contribution in [2.45, 2.75) is 25.4 Å². The number of rotatable bonds is 6. The van der Waals surface area contributed by atoms with Gasteiger partial charge in [0.2, 0.25) is 0 Å². The van der Waals surface area contributed by atoms with Crippen molar-refractivity contribution in [1.82, 2.24) is 24.9 Å². The summed E-state index contributed by atoms with van der Waals surface area (Å²) in [5.74, 6) is 0.826. The number of ketones is 1. The molecule has 0 bridgehead atoms. The van der Waals surface area contributed by atoms with Gasteiger partial charge in [-0.3, -0.25) is 9.48 Å². The predicted molar refractivity (Wildman–Crippen MR) is 127 cm³/mol. The Morgan fingerprint density at radius 2 is 1.79 bits per heavy atom. The number of benzene rings is 2. The fraction of sp³-hybridized carbons (Fsp3) is 0.308. The van der Waals surface area contributed by atoms with Crippen molar-refractivity contribution in [3.8, 4) is 16.9 Å². The van der Waals surface area contributed by atoms with E-state index in [-0.39, 0.29) is 18.3 Å². The summed E-state index contributed by atoms with van der Waals surface area (Å²) in [6, 6.07) is 15.4. The molecule has 1 saturated heterocycles. The van der Waals surface area contributed by atoms with Gasteiger partial charge in [0.25, 0.3) is 0 Å². The van der Waals surface area contributed by atoms with Crippen molar-refractivity contribution in [3.05, 3.63) is 72.2 Å². The number of fused-ring (bicyclic) bond motifs is 1. The molecule has 33 heavy (non-hydrogen) atoms. The zero-order chi connectivity index (χ0) is 22.8. The average Bonchev–Trinajstić information content (AvgIpc) is 3.27. The first-order chi connectivity index (χ1) is 16.0. The number of ether oxygens (including phenoxy) is 1. The largest absolute Gasteiger partial charge is 0.490 e. The molecule has 1 fully saturated rings. The van der Waals surface area contributed by atoms with Gasteiger partial charge in [-0.2, -0.15) is 15.3 Å². The van der Waals surface area contributed by atoms with E-state index in [0.29, 0.717) is 11.3 Å². The maximum absolute atomic E-state index is 12.9. The molecule has 5 rings (SSSR count). The zero-order valence-electron chi connectivity index (χ0n) is 18.9. The fourth-order valence-electron chi connectivity index (χ4n) is 4.21. The Hall–Kier alpha value is -3.58. The number of carbonyl (C=O) groups is 1. The molecule has 3 heterocycles. The van der Waals surface area contributed by atoms with Gasteiger partial charge < -0.3 is 9.64 Å². The molecule has 0 atom stereocenters. The van der Waals surface area contributed by atoms with Gasteiger partial charge in [-0.05, 0) is 67.9 Å². The number of aryl methyl sites for hydroxylation is 1. The number of nitrogens with zero attached hydrogens (tertiary/aromatic N) is 5. The Labute approximate surface area is 193 Å². The Balaban J connectivity index is 1.27. The molecular formula is C26H27N5O2. The maximum Gasteiger partial charge on any atom is 0.168 e. The summed E-state index contributed by atoms with van der Waals surface area (Å²) >= 11 is 0. The number of hydrogen-bond donors (Lipinski definition) is 0. The van der Waals surface area contributed by atoms with Gasteiger partial charge in [0, 0.05) is 42.8 Å². The first kappa shape index (κ1) is 21.3. The minimum absolute atomic E-state index is 0.0119. The van der Waals surface area contributed by atoms with Gasteiger partial charge >= 0.3 is 0 Å². The van der Waals surface area contributed by atoms with Crippen molar-refractivity contribution >= 4 is 16.7 Å². The number of Topliss-reactive ketones (excluding diaryl/α,β-unsaturated/α-hetero) is 1. The quantitative estimate of drug-likeness (QED) is 0.422. The molecule has 0 unspecified atom stereocenters. The number of aromatic nitrogens is 4. The minimum Gasteiger partial charge on any atom is -0.490 e. The van der Waals surface area contributed by atoms with Crippen LogP contribution in [0.2, 0.25) is 0 Å². The highest BCUT2D eigenvalue weighted by Crippen LogP contribution is 2.24. The molecule has 0 N–H and O–H groups in total. The van der Waals surface area contributed by atoms with Crippen molar-refractivity contribution in [2.75, 3.05) is 20.1 Å². The molecule has 7 heteroatoms. The summed E-state index contributed by atoms with van der Waals surface area (Å²) in [7, 11) is 4.03. The Morgan fingerprint density at radius 1 is 1.00 bits per heavy atom. The number of piperidine rings is 1. The third kappa shape index (κ3) is 4.93. The molecule has 2 aromatic heterocycles.